The third-order valence-corrected chi connectivity index (χ3v) is 3.27. The molecule has 94 valence electrons. The van der Waals surface area contributed by atoms with Crippen molar-refractivity contribution < 1.29 is 18.3 Å². The number of ether oxygens (including phenoxy) is 1. The van der Waals surface area contributed by atoms with Crippen LogP contribution in [0.2, 0.25) is 0 Å². The Kier molecular flexibility index (Phi) is 5.51. The van der Waals surface area contributed by atoms with Crippen LogP contribution in [-0.2, 0) is 21.8 Å². The van der Waals surface area contributed by atoms with E-state index in [1.54, 1.807) is 0 Å². The lowest BCUT2D eigenvalue weighted by molar-refractivity contribution is -0.139. The fourth-order valence-electron chi connectivity index (χ4n) is 1.25. The molecule has 3 nitrogen and oxygen atoms in total. The molecular weight excluding hydrogens is 366 g/mol. The van der Waals surface area contributed by atoms with Crippen LogP contribution in [0.1, 0.15) is 23.2 Å². The van der Waals surface area contributed by atoms with Crippen molar-refractivity contribution in [3.05, 3.63) is 26.6 Å². The van der Waals surface area contributed by atoms with Crippen molar-refractivity contribution in [2.24, 2.45) is 0 Å². The van der Waals surface area contributed by atoms with Crippen molar-refractivity contribution in [1.82, 2.24) is 4.98 Å². The number of esters is 1. The zero-order chi connectivity index (χ0) is 13.0. The summed E-state index contributed by atoms with van der Waals surface area (Å²) < 4.78 is 30.0. The van der Waals surface area contributed by atoms with E-state index in [-0.39, 0.29) is 18.0 Å². The highest BCUT2D eigenvalue weighted by Gasteiger charge is 2.17. The minimum absolute atomic E-state index is 0.0865. The smallest absolute Gasteiger partial charge is 0.309 e. The maximum atomic E-state index is 12.6. The molecule has 1 aromatic heterocycles. The Balaban J connectivity index is 3.19. The van der Waals surface area contributed by atoms with Crippen LogP contribution in [0.4, 0.5) is 8.78 Å². The molecule has 17 heavy (non-hydrogen) atoms. The maximum Gasteiger partial charge on any atom is 0.309 e. The van der Waals surface area contributed by atoms with Crippen LogP contribution < -0.4 is 0 Å². The number of carbonyl (C=O) groups excluding carboxylic acids is 1. The second-order valence-electron chi connectivity index (χ2n) is 3.16. The Labute approximate surface area is 116 Å². The van der Waals surface area contributed by atoms with Gasteiger partial charge in [0.15, 0.2) is 0 Å². The summed E-state index contributed by atoms with van der Waals surface area (Å²) in [6.45, 7) is 0. The van der Waals surface area contributed by atoms with E-state index < -0.39 is 12.4 Å². The first kappa shape index (κ1) is 14.6. The molecule has 1 rings (SSSR count). The quantitative estimate of drug-likeness (QED) is 0.351. The molecule has 0 aliphatic rings. The number of halogens is 4. The van der Waals surface area contributed by atoms with Gasteiger partial charge in [-0.2, -0.15) is 0 Å². The van der Waals surface area contributed by atoms with Gasteiger partial charge in [-0.25, -0.2) is 13.8 Å². The Morgan fingerprint density at radius 1 is 1.65 bits per heavy atom. The standard InChI is InChI=1S/C10H9ClF2INO2/c1-17-8(16)3-5-2-7(9(12)13)15-10(14)6(5)4-11/h2,9H,3-4H2,1H3. The fraction of sp³-hybridized carbons (Fsp3) is 0.400. The maximum absolute atomic E-state index is 12.6. The molecule has 0 fully saturated rings. The molecule has 0 saturated carbocycles. The third-order valence-electron chi connectivity index (χ3n) is 2.11. The van der Waals surface area contributed by atoms with Gasteiger partial charge in [-0.3, -0.25) is 4.79 Å². The van der Waals surface area contributed by atoms with Crippen molar-refractivity contribution in [1.29, 1.82) is 0 Å². The summed E-state index contributed by atoms with van der Waals surface area (Å²) in [5.41, 5.74) is 0.658. The van der Waals surface area contributed by atoms with Crippen molar-refractivity contribution >= 4 is 40.2 Å². The summed E-state index contributed by atoms with van der Waals surface area (Å²) in [6.07, 6.45) is -2.76. The average molecular weight is 376 g/mol. The summed E-state index contributed by atoms with van der Waals surface area (Å²) in [6, 6.07) is 1.20. The van der Waals surface area contributed by atoms with E-state index in [0.717, 1.165) is 0 Å². The monoisotopic (exact) mass is 375 g/mol. The van der Waals surface area contributed by atoms with Gasteiger partial charge in [-0.1, -0.05) is 0 Å². The Morgan fingerprint density at radius 2 is 2.29 bits per heavy atom. The first-order chi connectivity index (χ1) is 7.99. The minimum atomic E-state index is -2.68. The SMILES string of the molecule is COC(=O)Cc1cc(C(F)F)nc(I)c1CCl. The lowest BCUT2D eigenvalue weighted by Gasteiger charge is -2.10. The Hall–Kier alpha value is -0.500. The molecule has 0 spiro atoms. The van der Waals surface area contributed by atoms with E-state index in [1.165, 1.54) is 13.2 Å². The van der Waals surface area contributed by atoms with Gasteiger partial charge in [0.25, 0.3) is 6.43 Å². The van der Waals surface area contributed by atoms with E-state index in [1.807, 2.05) is 22.6 Å². The zero-order valence-corrected chi connectivity index (χ0v) is 11.8. The number of alkyl halides is 3. The predicted molar refractivity (Wildman–Crippen MR) is 67.2 cm³/mol. The number of aromatic nitrogens is 1. The highest BCUT2D eigenvalue weighted by Crippen LogP contribution is 2.25. The normalized spacial score (nSPS) is 10.7. The summed E-state index contributed by atoms with van der Waals surface area (Å²) >= 11 is 7.53. The summed E-state index contributed by atoms with van der Waals surface area (Å²) in [7, 11) is 1.24. The van der Waals surface area contributed by atoms with Gasteiger partial charge in [-0.05, 0) is 34.2 Å². The van der Waals surface area contributed by atoms with Crippen molar-refractivity contribution in [2.75, 3.05) is 7.11 Å². The van der Waals surface area contributed by atoms with Gasteiger partial charge >= 0.3 is 5.97 Å². The van der Waals surface area contributed by atoms with Crippen LogP contribution in [0.3, 0.4) is 0 Å². The number of carbonyl (C=O) groups is 1. The van der Waals surface area contributed by atoms with Crippen molar-refractivity contribution in [2.45, 2.75) is 18.7 Å². The van der Waals surface area contributed by atoms with Gasteiger partial charge in [0.05, 0.1) is 19.4 Å². The molecule has 0 atom stereocenters. The predicted octanol–water partition coefficient (Wildman–Crippen LogP) is 3.08. The van der Waals surface area contributed by atoms with Gasteiger partial charge in [0, 0.05) is 5.56 Å². The number of hydrogen-bond acceptors (Lipinski definition) is 3. The van der Waals surface area contributed by atoms with Crippen molar-refractivity contribution in [3.8, 4) is 0 Å². The van der Waals surface area contributed by atoms with Crippen LogP contribution in [-0.4, -0.2) is 18.1 Å². The molecule has 0 radical (unpaired) electrons. The van der Waals surface area contributed by atoms with Gasteiger partial charge in [0.1, 0.15) is 9.39 Å². The molecule has 7 heteroatoms. The Bertz CT molecular complexity index is 429. The third kappa shape index (κ3) is 3.74. The van der Waals surface area contributed by atoms with Crippen LogP contribution in [0.5, 0.6) is 0 Å². The largest absolute Gasteiger partial charge is 0.469 e. The minimum Gasteiger partial charge on any atom is -0.469 e. The molecule has 0 bridgehead atoms. The van der Waals surface area contributed by atoms with Gasteiger partial charge < -0.3 is 4.74 Å². The molecule has 0 amide bonds. The van der Waals surface area contributed by atoms with Crippen molar-refractivity contribution in [3.63, 3.8) is 0 Å². The number of rotatable bonds is 4. The molecule has 0 aliphatic heterocycles. The molecule has 1 aromatic rings. The summed E-state index contributed by atoms with van der Waals surface area (Å²) in [5.74, 6) is -0.389. The highest BCUT2D eigenvalue weighted by molar-refractivity contribution is 14.1. The Morgan fingerprint density at radius 3 is 2.76 bits per heavy atom. The zero-order valence-electron chi connectivity index (χ0n) is 8.84. The van der Waals surface area contributed by atoms with Crippen LogP contribution in [0.25, 0.3) is 0 Å². The number of nitrogens with zero attached hydrogens (tertiary/aromatic N) is 1. The van der Waals surface area contributed by atoms with Crippen LogP contribution in [0.15, 0.2) is 6.07 Å². The number of hydrogen-bond donors (Lipinski definition) is 0. The highest BCUT2D eigenvalue weighted by atomic mass is 127. The average Bonchev–Trinajstić information content (AvgIpc) is 2.28. The van der Waals surface area contributed by atoms with E-state index in [4.69, 9.17) is 11.6 Å². The first-order valence-electron chi connectivity index (χ1n) is 4.58. The van der Waals surface area contributed by atoms with Gasteiger partial charge in [0.2, 0.25) is 0 Å². The molecule has 0 unspecified atom stereocenters. The van der Waals surface area contributed by atoms with Gasteiger partial charge in [-0.15, -0.1) is 11.6 Å². The molecule has 0 aliphatic carbocycles. The fourth-order valence-corrected chi connectivity index (χ4v) is 2.59. The second kappa shape index (κ2) is 6.44. The van der Waals surface area contributed by atoms with E-state index in [2.05, 4.69) is 9.72 Å². The lowest BCUT2D eigenvalue weighted by atomic mass is 10.1. The second-order valence-corrected chi connectivity index (χ2v) is 4.45. The van der Waals surface area contributed by atoms with Crippen LogP contribution in [0, 0.1) is 3.70 Å². The molecule has 0 N–H and O–H groups in total. The summed E-state index contributed by atoms with van der Waals surface area (Å²) in [5, 5.41) is 0. The van der Waals surface area contributed by atoms with E-state index in [0.29, 0.717) is 14.8 Å². The number of methoxy groups -OCH3 is 1. The first-order valence-corrected chi connectivity index (χ1v) is 6.20. The molecule has 0 aromatic carbocycles. The van der Waals surface area contributed by atoms with E-state index in [9.17, 15) is 13.6 Å². The lowest BCUT2D eigenvalue weighted by Crippen LogP contribution is -2.10. The van der Waals surface area contributed by atoms with E-state index >= 15 is 0 Å². The molecule has 1 heterocycles. The van der Waals surface area contributed by atoms with Crippen LogP contribution >= 0.6 is 34.2 Å². The topological polar surface area (TPSA) is 39.2 Å². The molecule has 0 saturated heterocycles. The summed E-state index contributed by atoms with van der Waals surface area (Å²) in [4.78, 5) is 14.9. The molecular formula is C10H9ClF2INO2. The number of pyridine rings is 1.